The number of aliphatic imine (C=N–C) groups is 1. The van der Waals surface area contributed by atoms with Crippen molar-refractivity contribution in [1.29, 1.82) is 0 Å². The van der Waals surface area contributed by atoms with E-state index in [0.717, 1.165) is 33.7 Å². The number of amides is 1. The highest BCUT2D eigenvalue weighted by Crippen LogP contribution is 2.33. The molecule has 37 heavy (non-hydrogen) atoms. The highest BCUT2D eigenvalue weighted by atomic mass is 16.5. The molecule has 1 atom stereocenters. The quantitative estimate of drug-likeness (QED) is 0.346. The Bertz CT molecular complexity index is 1560. The molecule has 7 nitrogen and oxygen atoms in total. The minimum Gasteiger partial charge on any atom is -0.445 e. The normalized spacial score (nSPS) is 14.1. The molecule has 7 heteroatoms. The molecule has 4 aromatic carbocycles. The van der Waals surface area contributed by atoms with E-state index in [-0.39, 0.29) is 6.61 Å². The van der Waals surface area contributed by atoms with Crippen LogP contribution in [0.2, 0.25) is 0 Å². The maximum Gasteiger partial charge on any atom is 0.409 e. The van der Waals surface area contributed by atoms with E-state index in [1.807, 2.05) is 120 Å². The van der Waals surface area contributed by atoms with Gasteiger partial charge in [0.2, 0.25) is 0 Å². The number of fused-ring (bicyclic) bond motifs is 3. The predicted molar refractivity (Wildman–Crippen MR) is 141 cm³/mol. The van der Waals surface area contributed by atoms with Crippen LogP contribution in [0.25, 0.3) is 17.1 Å². The van der Waals surface area contributed by atoms with Gasteiger partial charge in [-0.1, -0.05) is 109 Å². The minimum absolute atomic E-state index is 0.150. The first-order valence-electron chi connectivity index (χ1n) is 12.0. The summed E-state index contributed by atoms with van der Waals surface area (Å²) in [5, 5.41) is 11.9. The smallest absolute Gasteiger partial charge is 0.409 e. The summed E-state index contributed by atoms with van der Waals surface area (Å²) >= 11 is 0. The van der Waals surface area contributed by atoms with Crippen molar-refractivity contribution in [3.8, 4) is 17.1 Å². The number of hydrogen-bond donors (Lipinski definition) is 1. The number of para-hydroxylation sites is 1. The molecule has 1 amide bonds. The predicted octanol–water partition coefficient (Wildman–Crippen LogP) is 5.71. The lowest BCUT2D eigenvalue weighted by molar-refractivity contribution is 0.135. The van der Waals surface area contributed by atoms with E-state index in [9.17, 15) is 4.79 Å². The zero-order chi connectivity index (χ0) is 25.0. The number of carbonyl (C=O) groups is 1. The lowest BCUT2D eigenvalue weighted by atomic mass is 10.0. The van der Waals surface area contributed by atoms with Gasteiger partial charge in [0.05, 0.1) is 11.4 Å². The van der Waals surface area contributed by atoms with Crippen LogP contribution in [-0.4, -0.2) is 26.6 Å². The van der Waals surface area contributed by atoms with Gasteiger partial charge in [-0.05, 0) is 11.6 Å². The molecular weight excluding hydrogens is 462 g/mol. The SMILES string of the molecule is O=C(NC1N=C(c2ccccc2)c2ccccc2-n2c(-c3ccccc3)nnc21)OCc1ccccc1. The van der Waals surface area contributed by atoms with Crippen molar-refractivity contribution in [3.05, 3.63) is 138 Å². The largest absolute Gasteiger partial charge is 0.445 e. The molecule has 2 heterocycles. The molecule has 6 rings (SSSR count). The molecule has 0 saturated heterocycles. The molecule has 0 saturated carbocycles. The fourth-order valence-corrected chi connectivity index (χ4v) is 4.41. The van der Waals surface area contributed by atoms with Gasteiger partial charge in [-0.15, -0.1) is 10.2 Å². The first-order chi connectivity index (χ1) is 18.3. The number of rotatable bonds is 5. The van der Waals surface area contributed by atoms with Gasteiger partial charge in [0.25, 0.3) is 0 Å². The van der Waals surface area contributed by atoms with Crippen LogP contribution in [0.15, 0.2) is 120 Å². The minimum atomic E-state index is -0.823. The standard InChI is InChI=1S/C30H23N5O2/c36-30(37-20-21-12-4-1-5-13-21)32-27-29-34-33-28(23-16-8-3-9-17-23)35(29)25-19-11-10-18-24(25)26(31-27)22-14-6-2-7-15-22/h1-19,27H,20H2,(H,32,36). The van der Waals surface area contributed by atoms with Gasteiger partial charge in [-0.3, -0.25) is 14.9 Å². The second kappa shape index (κ2) is 9.91. The van der Waals surface area contributed by atoms with Crippen molar-refractivity contribution in [3.63, 3.8) is 0 Å². The molecule has 5 aromatic rings. The fourth-order valence-electron chi connectivity index (χ4n) is 4.41. The fraction of sp³-hybridized carbons (Fsp3) is 0.0667. The van der Waals surface area contributed by atoms with Crippen LogP contribution in [0, 0.1) is 0 Å². The zero-order valence-electron chi connectivity index (χ0n) is 19.9. The summed E-state index contributed by atoms with van der Waals surface area (Å²) in [6, 6.07) is 37.3. The van der Waals surface area contributed by atoms with Gasteiger partial charge in [0.1, 0.15) is 6.61 Å². The maximum absolute atomic E-state index is 12.9. The van der Waals surface area contributed by atoms with Gasteiger partial charge < -0.3 is 4.74 Å². The number of carbonyl (C=O) groups excluding carboxylic acids is 1. The van der Waals surface area contributed by atoms with E-state index in [1.165, 1.54) is 0 Å². The topological polar surface area (TPSA) is 81.4 Å². The van der Waals surface area contributed by atoms with Crippen LogP contribution < -0.4 is 5.32 Å². The molecule has 0 fully saturated rings. The summed E-state index contributed by atoms with van der Waals surface area (Å²) < 4.78 is 7.48. The lowest BCUT2D eigenvalue weighted by Gasteiger charge is -2.15. The first-order valence-corrected chi connectivity index (χ1v) is 12.0. The van der Waals surface area contributed by atoms with E-state index >= 15 is 0 Å². The van der Waals surface area contributed by atoms with Crippen molar-refractivity contribution in [1.82, 2.24) is 20.1 Å². The number of nitrogens with zero attached hydrogens (tertiary/aromatic N) is 4. The van der Waals surface area contributed by atoms with E-state index in [2.05, 4.69) is 15.5 Å². The summed E-state index contributed by atoms with van der Waals surface area (Å²) in [4.78, 5) is 18.0. The van der Waals surface area contributed by atoms with Crippen LogP contribution in [0.4, 0.5) is 4.79 Å². The first kappa shape index (κ1) is 22.4. The van der Waals surface area contributed by atoms with Gasteiger partial charge in [0, 0.05) is 16.7 Å². The van der Waals surface area contributed by atoms with Gasteiger partial charge in [-0.2, -0.15) is 0 Å². The molecule has 1 unspecified atom stereocenters. The number of alkyl carbamates (subject to hydrolysis) is 1. The average Bonchev–Trinajstić information content (AvgIpc) is 3.35. The summed E-state index contributed by atoms with van der Waals surface area (Å²) in [6.07, 6.45) is -1.41. The Morgan fingerprint density at radius 3 is 2.11 bits per heavy atom. The highest BCUT2D eigenvalue weighted by Gasteiger charge is 2.30. The number of aromatic nitrogens is 3. The summed E-state index contributed by atoms with van der Waals surface area (Å²) in [5.41, 5.74) is 5.27. The lowest BCUT2D eigenvalue weighted by Crippen LogP contribution is -2.30. The Morgan fingerprint density at radius 2 is 1.38 bits per heavy atom. The second-order valence-electron chi connectivity index (χ2n) is 8.55. The molecule has 1 aliphatic heterocycles. The number of hydrogen-bond acceptors (Lipinski definition) is 5. The molecule has 0 radical (unpaired) electrons. The average molecular weight is 486 g/mol. The molecule has 0 spiro atoms. The van der Waals surface area contributed by atoms with Crippen molar-refractivity contribution in [2.45, 2.75) is 12.8 Å². The molecular formula is C30H23N5O2. The molecule has 0 bridgehead atoms. The number of nitrogens with one attached hydrogen (secondary N) is 1. The third kappa shape index (κ3) is 4.50. The number of benzene rings is 4. The van der Waals surface area contributed by atoms with Gasteiger partial charge in [0.15, 0.2) is 17.8 Å². The summed E-state index contributed by atoms with van der Waals surface area (Å²) in [7, 11) is 0. The molecule has 180 valence electrons. The van der Waals surface area contributed by atoms with Crippen LogP contribution in [-0.2, 0) is 11.3 Å². The van der Waals surface area contributed by atoms with Gasteiger partial charge in [-0.25, -0.2) is 4.79 Å². The van der Waals surface area contributed by atoms with Gasteiger partial charge >= 0.3 is 6.09 Å². The number of ether oxygens (including phenoxy) is 1. The zero-order valence-corrected chi connectivity index (χ0v) is 19.9. The third-order valence-electron chi connectivity index (χ3n) is 6.14. The Morgan fingerprint density at radius 1 is 0.757 bits per heavy atom. The Balaban J connectivity index is 1.45. The van der Waals surface area contributed by atoms with Crippen LogP contribution in [0.1, 0.15) is 28.7 Å². The Hall–Kier alpha value is -5.04. The molecule has 0 aliphatic carbocycles. The summed E-state index contributed by atoms with van der Waals surface area (Å²) in [6.45, 7) is 0.150. The molecule has 1 aliphatic rings. The van der Waals surface area contributed by atoms with Crippen molar-refractivity contribution in [2.24, 2.45) is 4.99 Å². The van der Waals surface area contributed by atoms with Crippen LogP contribution >= 0.6 is 0 Å². The van der Waals surface area contributed by atoms with Crippen molar-refractivity contribution >= 4 is 11.8 Å². The third-order valence-corrected chi connectivity index (χ3v) is 6.14. The Kier molecular flexibility index (Phi) is 6.01. The van der Waals surface area contributed by atoms with E-state index in [1.54, 1.807) is 0 Å². The van der Waals surface area contributed by atoms with Crippen LogP contribution in [0.3, 0.4) is 0 Å². The Labute approximate surface area is 214 Å². The van der Waals surface area contributed by atoms with Crippen LogP contribution in [0.5, 0.6) is 0 Å². The van der Waals surface area contributed by atoms with Crippen molar-refractivity contribution < 1.29 is 9.53 Å². The van der Waals surface area contributed by atoms with E-state index in [0.29, 0.717) is 11.6 Å². The molecule has 1 N–H and O–H groups in total. The van der Waals surface area contributed by atoms with E-state index in [4.69, 9.17) is 9.73 Å². The highest BCUT2D eigenvalue weighted by molar-refractivity contribution is 6.15. The van der Waals surface area contributed by atoms with Crippen molar-refractivity contribution in [2.75, 3.05) is 0 Å². The van der Waals surface area contributed by atoms with E-state index < -0.39 is 12.3 Å². The molecule has 1 aromatic heterocycles. The summed E-state index contributed by atoms with van der Waals surface area (Å²) in [5.74, 6) is 1.16. The second-order valence-corrected chi connectivity index (χ2v) is 8.55. The maximum atomic E-state index is 12.9. The monoisotopic (exact) mass is 485 g/mol.